The number of aliphatic carboxylic acids is 1. The van der Waals surface area contributed by atoms with Gasteiger partial charge in [-0.05, 0) is 42.6 Å². The van der Waals surface area contributed by atoms with Crippen molar-refractivity contribution in [3.05, 3.63) is 34.9 Å². The second-order valence-electron chi connectivity index (χ2n) is 4.66. The van der Waals surface area contributed by atoms with Crippen LogP contribution in [0.5, 0.6) is 0 Å². The number of carboxylic acid groups (broad SMARTS) is 1. The molecule has 0 radical (unpaired) electrons. The summed E-state index contributed by atoms with van der Waals surface area (Å²) in [4.78, 5) is 22.3. The van der Waals surface area contributed by atoms with Gasteiger partial charge in [-0.25, -0.2) is 0 Å². The molecule has 102 valence electrons. The highest BCUT2D eigenvalue weighted by Gasteiger charge is 2.12. The standard InChI is InChI=1S/C14H18N2O3/c17-13(18)2-1-6-16-14(19)11-4-3-10-5-7-15-9-12(10)8-11/h3-4,8,15H,1-2,5-7,9H2,(H,16,19)(H,17,18). The molecule has 0 saturated carbocycles. The molecule has 1 aromatic carbocycles. The molecule has 2 rings (SSSR count). The van der Waals surface area contributed by atoms with Crippen molar-refractivity contribution in [2.75, 3.05) is 13.1 Å². The highest BCUT2D eigenvalue weighted by molar-refractivity contribution is 5.94. The normalized spacial score (nSPS) is 13.7. The van der Waals surface area contributed by atoms with Gasteiger partial charge >= 0.3 is 5.97 Å². The van der Waals surface area contributed by atoms with Gasteiger partial charge in [-0.3, -0.25) is 9.59 Å². The van der Waals surface area contributed by atoms with Crippen LogP contribution in [0, 0.1) is 0 Å². The molecule has 1 aliphatic rings. The summed E-state index contributed by atoms with van der Waals surface area (Å²) in [5, 5.41) is 14.5. The van der Waals surface area contributed by atoms with E-state index in [1.807, 2.05) is 18.2 Å². The predicted octanol–water partition coefficient (Wildman–Crippen LogP) is 0.927. The van der Waals surface area contributed by atoms with Crippen molar-refractivity contribution in [2.45, 2.75) is 25.8 Å². The molecule has 0 fully saturated rings. The zero-order valence-electron chi connectivity index (χ0n) is 10.7. The van der Waals surface area contributed by atoms with Crippen molar-refractivity contribution in [1.82, 2.24) is 10.6 Å². The number of carboxylic acids is 1. The topological polar surface area (TPSA) is 78.4 Å². The Morgan fingerprint density at radius 3 is 2.95 bits per heavy atom. The van der Waals surface area contributed by atoms with E-state index in [2.05, 4.69) is 10.6 Å². The van der Waals surface area contributed by atoms with Gasteiger partial charge in [0.05, 0.1) is 0 Å². The second-order valence-corrected chi connectivity index (χ2v) is 4.66. The molecule has 0 aliphatic carbocycles. The van der Waals surface area contributed by atoms with Crippen LogP contribution in [0.1, 0.15) is 34.3 Å². The summed E-state index contributed by atoms with van der Waals surface area (Å²) < 4.78 is 0. The van der Waals surface area contributed by atoms with E-state index in [-0.39, 0.29) is 12.3 Å². The number of carbonyl (C=O) groups excluding carboxylic acids is 1. The summed E-state index contributed by atoms with van der Waals surface area (Å²) in [6.45, 7) is 2.17. The van der Waals surface area contributed by atoms with Gasteiger partial charge in [0, 0.05) is 25.1 Å². The number of fused-ring (bicyclic) bond motifs is 1. The summed E-state index contributed by atoms with van der Waals surface area (Å²) in [6, 6.07) is 5.74. The lowest BCUT2D eigenvalue weighted by molar-refractivity contribution is -0.137. The number of benzene rings is 1. The lowest BCUT2D eigenvalue weighted by atomic mass is 9.98. The van der Waals surface area contributed by atoms with Crippen LogP contribution in [-0.2, 0) is 17.8 Å². The van der Waals surface area contributed by atoms with Crippen molar-refractivity contribution in [2.24, 2.45) is 0 Å². The van der Waals surface area contributed by atoms with Crippen molar-refractivity contribution in [3.63, 3.8) is 0 Å². The van der Waals surface area contributed by atoms with E-state index in [4.69, 9.17) is 5.11 Å². The fourth-order valence-electron chi connectivity index (χ4n) is 2.17. The zero-order valence-corrected chi connectivity index (χ0v) is 10.7. The number of carbonyl (C=O) groups is 2. The monoisotopic (exact) mass is 262 g/mol. The van der Waals surface area contributed by atoms with Gasteiger partial charge in [-0.15, -0.1) is 0 Å². The maximum Gasteiger partial charge on any atom is 0.303 e. The molecule has 0 aromatic heterocycles. The number of amides is 1. The van der Waals surface area contributed by atoms with Crippen molar-refractivity contribution < 1.29 is 14.7 Å². The summed E-state index contributed by atoms with van der Waals surface area (Å²) >= 11 is 0. The van der Waals surface area contributed by atoms with Gasteiger partial charge < -0.3 is 15.7 Å². The summed E-state index contributed by atoms with van der Waals surface area (Å²) in [6.07, 6.45) is 1.53. The summed E-state index contributed by atoms with van der Waals surface area (Å²) in [5.41, 5.74) is 3.10. The lowest BCUT2D eigenvalue weighted by Gasteiger charge is -2.17. The Kier molecular flexibility index (Phi) is 4.52. The van der Waals surface area contributed by atoms with E-state index in [9.17, 15) is 9.59 Å². The first-order valence-electron chi connectivity index (χ1n) is 6.49. The largest absolute Gasteiger partial charge is 0.481 e. The average Bonchev–Trinajstić information content (AvgIpc) is 2.42. The predicted molar refractivity (Wildman–Crippen MR) is 71.1 cm³/mol. The third-order valence-electron chi connectivity index (χ3n) is 3.21. The number of nitrogens with one attached hydrogen (secondary N) is 2. The third-order valence-corrected chi connectivity index (χ3v) is 3.21. The van der Waals surface area contributed by atoms with Crippen LogP contribution >= 0.6 is 0 Å². The van der Waals surface area contributed by atoms with E-state index >= 15 is 0 Å². The molecule has 1 heterocycles. The molecule has 1 aromatic rings. The minimum atomic E-state index is -0.839. The summed E-state index contributed by atoms with van der Waals surface area (Å²) in [7, 11) is 0. The molecule has 0 unspecified atom stereocenters. The fourth-order valence-corrected chi connectivity index (χ4v) is 2.17. The highest BCUT2D eigenvalue weighted by atomic mass is 16.4. The molecular formula is C14H18N2O3. The Morgan fingerprint density at radius 2 is 2.16 bits per heavy atom. The minimum Gasteiger partial charge on any atom is -0.481 e. The molecule has 0 spiro atoms. The first-order chi connectivity index (χ1) is 9.16. The molecule has 1 amide bonds. The van der Waals surface area contributed by atoms with Crippen LogP contribution in [0.2, 0.25) is 0 Å². The molecule has 5 heteroatoms. The summed E-state index contributed by atoms with van der Waals surface area (Å²) in [5.74, 6) is -0.979. The smallest absolute Gasteiger partial charge is 0.303 e. The first-order valence-corrected chi connectivity index (χ1v) is 6.49. The maximum absolute atomic E-state index is 11.9. The van der Waals surface area contributed by atoms with Crippen LogP contribution in [0.25, 0.3) is 0 Å². The highest BCUT2D eigenvalue weighted by Crippen LogP contribution is 2.15. The van der Waals surface area contributed by atoms with Crippen molar-refractivity contribution in [3.8, 4) is 0 Å². The molecule has 1 aliphatic heterocycles. The van der Waals surface area contributed by atoms with E-state index in [1.165, 1.54) is 11.1 Å². The van der Waals surface area contributed by atoms with Crippen LogP contribution in [0.4, 0.5) is 0 Å². The van der Waals surface area contributed by atoms with Crippen LogP contribution < -0.4 is 10.6 Å². The van der Waals surface area contributed by atoms with Gasteiger partial charge in [-0.1, -0.05) is 6.07 Å². The molecule has 0 saturated heterocycles. The van der Waals surface area contributed by atoms with Crippen LogP contribution in [0.3, 0.4) is 0 Å². The second kappa shape index (κ2) is 6.33. The quantitative estimate of drug-likeness (QED) is 0.690. The zero-order chi connectivity index (χ0) is 13.7. The van der Waals surface area contributed by atoms with E-state index < -0.39 is 5.97 Å². The molecule has 3 N–H and O–H groups in total. The number of hydrogen-bond donors (Lipinski definition) is 3. The van der Waals surface area contributed by atoms with Gasteiger partial charge in [0.25, 0.3) is 5.91 Å². The Bertz CT molecular complexity index is 486. The fraction of sp³-hybridized carbons (Fsp3) is 0.429. The SMILES string of the molecule is O=C(O)CCCNC(=O)c1ccc2c(c1)CNCC2. The Balaban J connectivity index is 1.90. The molecule has 0 bridgehead atoms. The van der Waals surface area contributed by atoms with Crippen LogP contribution in [-0.4, -0.2) is 30.1 Å². The lowest BCUT2D eigenvalue weighted by Crippen LogP contribution is -2.27. The third kappa shape index (κ3) is 3.79. The Labute approximate surface area is 112 Å². The van der Waals surface area contributed by atoms with E-state index in [0.29, 0.717) is 18.5 Å². The number of rotatable bonds is 5. The first kappa shape index (κ1) is 13.5. The van der Waals surface area contributed by atoms with Crippen LogP contribution in [0.15, 0.2) is 18.2 Å². The number of hydrogen-bond acceptors (Lipinski definition) is 3. The van der Waals surface area contributed by atoms with E-state index in [0.717, 1.165) is 19.5 Å². The van der Waals surface area contributed by atoms with Gasteiger partial charge in [0.1, 0.15) is 0 Å². The maximum atomic E-state index is 11.9. The molecule has 19 heavy (non-hydrogen) atoms. The minimum absolute atomic E-state index is 0.0778. The van der Waals surface area contributed by atoms with Crippen molar-refractivity contribution >= 4 is 11.9 Å². The molecule has 0 atom stereocenters. The molecule has 5 nitrogen and oxygen atoms in total. The van der Waals surface area contributed by atoms with Gasteiger partial charge in [-0.2, -0.15) is 0 Å². The van der Waals surface area contributed by atoms with Gasteiger partial charge in [0.15, 0.2) is 0 Å². The average molecular weight is 262 g/mol. The Hall–Kier alpha value is -1.88. The van der Waals surface area contributed by atoms with Crippen molar-refractivity contribution in [1.29, 1.82) is 0 Å². The van der Waals surface area contributed by atoms with Gasteiger partial charge in [0.2, 0.25) is 0 Å². The Morgan fingerprint density at radius 1 is 1.32 bits per heavy atom. The molecular weight excluding hydrogens is 244 g/mol. The van der Waals surface area contributed by atoms with E-state index in [1.54, 1.807) is 0 Å².